The van der Waals surface area contributed by atoms with Gasteiger partial charge in [-0.05, 0) is 24.6 Å². The number of hydrogen-bond acceptors (Lipinski definition) is 2. The molecule has 0 unspecified atom stereocenters. The summed E-state index contributed by atoms with van der Waals surface area (Å²) in [5, 5.41) is 2.41. The summed E-state index contributed by atoms with van der Waals surface area (Å²) in [6, 6.07) is 5.41. The number of thioether (sulfide) groups is 1. The molecule has 0 bridgehead atoms. The first-order chi connectivity index (χ1) is 8.30. The summed E-state index contributed by atoms with van der Waals surface area (Å²) < 4.78 is 35.6. The molecule has 1 amide bonds. The Balaban J connectivity index is 2.34. The molecule has 7 heteroatoms. The molecule has 0 radical (unpaired) electrons. The third-order valence-electron chi connectivity index (χ3n) is 2.06. The van der Waals surface area contributed by atoms with Crippen molar-refractivity contribution < 1.29 is 18.0 Å². The Hall–Kier alpha value is -0.880. The molecule has 0 saturated carbocycles. The quantitative estimate of drug-likeness (QED) is 0.681. The van der Waals surface area contributed by atoms with Crippen molar-refractivity contribution in [3.05, 3.63) is 28.8 Å². The summed E-state index contributed by atoms with van der Waals surface area (Å²) in [7, 11) is 0. The van der Waals surface area contributed by atoms with Gasteiger partial charge < -0.3 is 5.32 Å². The molecule has 0 aliphatic heterocycles. The van der Waals surface area contributed by atoms with Gasteiger partial charge in [-0.1, -0.05) is 17.7 Å². The van der Waals surface area contributed by atoms with Gasteiger partial charge in [-0.25, -0.2) is 0 Å². The molecule has 1 aromatic carbocycles. The number of nitrogens with one attached hydrogen (secondary N) is 1. The molecule has 1 aromatic rings. The molecule has 18 heavy (non-hydrogen) atoms. The zero-order valence-corrected chi connectivity index (χ0v) is 11.0. The highest BCUT2D eigenvalue weighted by atomic mass is 35.5. The van der Waals surface area contributed by atoms with Crippen LogP contribution < -0.4 is 5.32 Å². The van der Waals surface area contributed by atoms with Crippen LogP contribution in [0, 0.1) is 6.92 Å². The van der Waals surface area contributed by atoms with Crippen molar-refractivity contribution in [3.8, 4) is 0 Å². The van der Waals surface area contributed by atoms with Gasteiger partial charge in [0.05, 0.1) is 0 Å². The van der Waals surface area contributed by atoms with E-state index >= 15 is 0 Å². The Morgan fingerprint density at radius 2 is 2.11 bits per heavy atom. The predicted octanol–water partition coefficient (Wildman–Crippen LogP) is 3.42. The second-order valence-corrected chi connectivity index (χ2v) is 5.09. The van der Waals surface area contributed by atoms with Crippen LogP contribution in [0.2, 0.25) is 5.02 Å². The van der Waals surface area contributed by atoms with Gasteiger partial charge in [0, 0.05) is 22.2 Å². The van der Waals surface area contributed by atoms with Crippen LogP contribution >= 0.6 is 23.4 Å². The van der Waals surface area contributed by atoms with E-state index < -0.39 is 12.1 Å². The molecule has 0 fully saturated rings. The molecule has 2 nitrogen and oxygen atoms in total. The SMILES string of the molecule is Cc1ccc(SCCNC(=O)C(F)(F)F)cc1Cl. The number of carbonyl (C=O) groups excluding carboxylic acids is 1. The van der Waals surface area contributed by atoms with Crippen molar-refractivity contribution in [2.24, 2.45) is 0 Å². The molecule has 0 spiro atoms. The largest absolute Gasteiger partial charge is 0.471 e. The number of benzene rings is 1. The zero-order valence-electron chi connectivity index (χ0n) is 9.47. The lowest BCUT2D eigenvalue weighted by molar-refractivity contribution is -0.173. The molecule has 0 aromatic heterocycles. The summed E-state index contributed by atoms with van der Waals surface area (Å²) in [4.78, 5) is 11.4. The van der Waals surface area contributed by atoms with E-state index in [2.05, 4.69) is 0 Å². The van der Waals surface area contributed by atoms with Crippen LogP contribution in [0.1, 0.15) is 5.56 Å². The maximum absolute atomic E-state index is 11.9. The summed E-state index contributed by atoms with van der Waals surface area (Å²) in [6.45, 7) is 1.81. The van der Waals surface area contributed by atoms with Gasteiger partial charge in [0.15, 0.2) is 0 Å². The Morgan fingerprint density at radius 1 is 1.44 bits per heavy atom. The molecule has 1 N–H and O–H groups in total. The van der Waals surface area contributed by atoms with E-state index in [9.17, 15) is 18.0 Å². The number of alkyl halides is 3. The Bertz CT molecular complexity index is 437. The minimum atomic E-state index is -4.82. The van der Waals surface area contributed by atoms with Crippen LogP contribution in [0.5, 0.6) is 0 Å². The van der Waals surface area contributed by atoms with Gasteiger partial charge in [0.25, 0.3) is 0 Å². The number of rotatable bonds is 4. The van der Waals surface area contributed by atoms with Crippen LogP contribution in [0.25, 0.3) is 0 Å². The fourth-order valence-electron chi connectivity index (χ4n) is 1.10. The average molecular weight is 298 g/mol. The lowest BCUT2D eigenvalue weighted by atomic mass is 10.2. The fourth-order valence-corrected chi connectivity index (χ4v) is 2.15. The van der Waals surface area contributed by atoms with E-state index in [1.165, 1.54) is 11.8 Å². The van der Waals surface area contributed by atoms with Gasteiger partial charge in [0.2, 0.25) is 0 Å². The highest BCUT2D eigenvalue weighted by molar-refractivity contribution is 7.99. The number of hydrogen-bond donors (Lipinski definition) is 1. The first kappa shape index (κ1) is 15.2. The van der Waals surface area contributed by atoms with E-state index in [0.717, 1.165) is 10.5 Å². The number of aryl methyl sites for hydroxylation is 1. The van der Waals surface area contributed by atoms with Crippen LogP contribution in [0.4, 0.5) is 13.2 Å². The highest BCUT2D eigenvalue weighted by Crippen LogP contribution is 2.24. The zero-order chi connectivity index (χ0) is 13.8. The second kappa shape index (κ2) is 6.33. The minimum Gasteiger partial charge on any atom is -0.347 e. The van der Waals surface area contributed by atoms with Gasteiger partial charge in [-0.2, -0.15) is 13.2 Å². The number of halogens is 4. The predicted molar refractivity (Wildman–Crippen MR) is 66.0 cm³/mol. The normalized spacial score (nSPS) is 11.4. The molecular weight excluding hydrogens is 287 g/mol. The average Bonchev–Trinajstić information content (AvgIpc) is 2.27. The van der Waals surface area contributed by atoms with Gasteiger partial charge in [-0.15, -0.1) is 11.8 Å². The second-order valence-electron chi connectivity index (χ2n) is 3.51. The van der Waals surface area contributed by atoms with Crippen LogP contribution in [0.15, 0.2) is 23.1 Å². The maximum Gasteiger partial charge on any atom is 0.471 e. The van der Waals surface area contributed by atoms with Gasteiger partial charge in [-0.3, -0.25) is 4.79 Å². The molecule has 0 aliphatic rings. The van der Waals surface area contributed by atoms with Crippen molar-refractivity contribution in [2.75, 3.05) is 12.3 Å². The first-order valence-corrected chi connectivity index (χ1v) is 6.41. The molecule has 0 heterocycles. The fraction of sp³-hybridized carbons (Fsp3) is 0.364. The van der Waals surface area contributed by atoms with Crippen molar-refractivity contribution in [1.82, 2.24) is 5.32 Å². The van der Waals surface area contributed by atoms with Crippen molar-refractivity contribution in [1.29, 1.82) is 0 Å². The Morgan fingerprint density at radius 3 is 2.67 bits per heavy atom. The molecule has 0 saturated heterocycles. The first-order valence-electron chi connectivity index (χ1n) is 5.04. The van der Waals surface area contributed by atoms with Crippen molar-refractivity contribution in [2.45, 2.75) is 18.0 Å². The monoisotopic (exact) mass is 297 g/mol. The lowest BCUT2D eigenvalue weighted by Gasteiger charge is -2.08. The van der Waals surface area contributed by atoms with Gasteiger partial charge in [0.1, 0.15) is 0 Å². The Labute approximate surface area is 112 Å². The third kappa shape index (κ3) is 4.78. The minimum absolute atomic E-state index is 0.0471. The highest BCUT2D eigenvalue weighted by Gasteiger charge is 2.38. The topological polar surface area (TPSA) is 29.1 Å². The van der Waals surface area contributed by atoms with E-state index in [1.54, 1.807) is 11.4 Å². The van der Waals surface area contributed by atoms with Crippen molar-refractivity contribution in [3.63, 3.8) is 0 Å². The van der Waals surface area contributed by atoms with Crippen LogP contribution in [0.3, 0.4) is 0 Å². The lowest BCUT2D eigenvalue weighted by Crippen LogP contribution is -2.37. The standard InChI is InChI=1S/C11H11ClF3NOS/c1-7-2-3-8(6-9(7)12)18-5-4-16-10(17)11(13,14)15/h2-3,6H,4-5H2,1H3,(H,16,17). The van der Waals surface area contributed by atoms with Crippen LogP contribution in [-0.2, 0) is 4.79 Å². The molecule has 100 valence electrons. The Kier molecular flexibility index (Phi) is 5.34. The summed E-state index contributed by atoms with van der Waals surface area (Å²) >= 11 is 7.23. The van der Waals surface area contributed by atoms with Gasteiger partial charge >= 0.3 is 12.1 Å². The van der Waals surface area contributed by atoms with E-state index in [0.29, 0.717) is 10.8 Å². The summed E-state index contributed by atoms with van der Waals surface area (Å²) in [5.74, 6) is -1.56. The van der Waals surface area contributed by atoms with E-state index in [4.69, 9.17) is 11.6 Å². The smallest absolute Gasteiger partial charge is 0.347 e. The maximum atomic E-state index is 11.9. The molecule has 0 atom stereocenters. The summed E-state index contributed by atoms with van der Waals surface area (Å²) in [6.07, 6.45) is -4.82. The third-order valence-corrected chi connectivity index (χ3v) is 3.46. The number of carbonyl (C=O) groups is 1. The molecule has 1 rings (SSSR count). The molecular formula is C11H11ClF3NOS. The summed E-state index contributed by atoms with van der Waals surface area (Å²) in [5.41, 5.74) is 0.936. The van der Waals surface area contributed by atoms with E-state index in [1.807, 2.05) is 19.1 Å². The van der Waals surface area contributed by atoms with Crippen LogP contribution in [-0.4, -0.2) is 24.4 Å². The number of amides is 1. The van der Waals surface area contributed by atoms with E-state index in [-0.39, 0.29) is 6.54 Å². The molecule has 0 aliphatic carbocycles. The van der Waals surface area contributed by atoms with Crippen molar-refractivity contribution >= 4 is 29.3 Å².